The summed E-state index contributed by atoms with van der Waals surface area (Å²) in [5, 5.41) is 8.00. The molecular weight excluding hydrogens is 192 g/mol. The van der Waals surface area contributed by atoms with E-state index in [1.807, 2.05) is 0 Å². The number of nitrogens with zero attached hydrogens (tertiary/aromatic N) is 4. The van der Waals surface area contributed by atoms with E-state index >= 15 is 0 Å². The lowest BCUT2D eigenvalue weighted by atomic mass is 10.1. The van der Waals surface area contributed by atoms with Crippen molar-refractivity contribution in [3.05, 3.63) is 11.4 Å². The van der Waals surface area contributed by atoms with Crippen molar-refractivity contribution in [3.8, 4) is 12.3 Å². The lowest BCUT2D eigenvalue weighted by Crippen LogP contribution is -2.34. The third-order valence-corrected chi connectivity index (χ3v) is 2.56. The van der Waals surface area contributed by atoms with E-state index in [0.29, 0.717) is 13.1 Å². The van der Waals surface area contributed by atoms with E-state index in [1.54, 1.807) is 16.5 Å². The fourth-order valence-electron chi connectivity index (χ4n) is 1.75. The summed E-state index contributed by atoms with van der Waals surface area (Å²) >= 11 is 0. The molecule has 0 unspecified atom stereocenters. The summed E-state index contributed by atoms with van der Waals surface area (Å²) < 4.78 is 1.73. The average molecular weight is 204 g/mol. The summed E-state index contributed by atoms with van der Waals surface area (Å²) in [6.07, 6.45) is 6.01. The second-order valence-electron chi connectivity index (χ2n) is 3.54. The van der Waals surface area contributed by atoms with E-state index in [9.17, 15) is 4.79 Å². The van der Waals surface area contributed by atoms with Gasteiger partial charge in [-0.05, 0) is 0 Å². The Morgan fingerprint density at radius 2 is 2.47 bits per heavy atom. The maximum atomic E-state index is 11.2. The molecule has 0 radical (unpaired) electrons. The highest BCUT2D eigenvalue weighted by molar-refractivity contribution is 5.73. The van der Waals surface area contributed by atoms with Crippen LogP contribution in [0.1, 0.15) is 18.3 Å². The van der Waals surface area contributed by atoms with Gasteiger partial charge in [-0.3, -0.25) is 4.79 Å². The Morgan fingerprint density at radius 1 is 1.67 bits per heavy atom. The van der Waals surface area contributed by atoms with E-state index in [1.165, 1.54) is 0 Å². The quantitative estimate of drug-likeness (QED) is 0.596. The lowest BCUT2D eigenvalue weighted by Gasteiger charge is -2.24. The molecule has 0 atom stereocenters. The van der Waals surface area contributed by atoms with Crippen LogP contribution >= 0.6 is 0 Å². The zero-order valence-corrected chi connectivity index (χ0v) is 8.60. The molecule has 0 saturated heterocycles. The van der Waals surface area contributed by atoms with Crippen LogP contribution in [0, 0.1) is 12.3 Å². The van der Waals surface area contributed by atoms with Crippen molar-refractivity contribution < 1.29 is 4.79 Å². The molecule has 5 nitrogen and oxygen atoms in total. The van der Waals surface area contributed by atoms with Crippen molar-refractivity contribution in [2.75, 3.05) is 6.54 Å². The van der Waals surface area contributed by atoms with Gasteiger partial charge in [-0.25, -0.2) is 4.68 Å². The first kappa shape index (κ1) is 9.71. The van der Waals surface area contributed by atoms with E-state index in [-0.39, 0.29) is 5.91 Å². The molecule has 0 saturated carbocycles. The van der Waals surface area contributed by atoms with Gasteiger partial charge in [0.2, 0.25) is 5.91 Å². The Hall–Kier alpha value is -1.83. The largest absolute Gasteiger partial charge is 0.337 e. The maximum absolute atomic E-state index is 11.2. The van der Waals surface area contributed by atoms with Crippen LogP contribution < -0.4 is 0 Å². The first-order valence-corrected chi connectivity index (χ1v) is 4.82. The smallest absolute Gasteiger partial charge is 0.219 e. The third kappa shape index (κ3) is 1.71. The van der Waals surface area contributed by atoms with Gasteiger partial charge in [-0.1, -0.05) is 11.1 Å². The molecule has 0 N–H and O–H groups in total. The molecule has 0 aliphatic carbocycles. The Bertz CT molecular complexity index is 429. The predicted molar refractivity (Wildman–Crippen MR) is 53.7 cm³/mol. The Morgan fingerprint density at radius 3 is 3.13 bits per heavy atom. The van der Waals surface area contributed by atoms with Crippen LogP contribution in [-0.2, 0) is 24.3 Å². The van der Waals surface area contributed by atoms with Gasteiger partial charge in [0.1, 0.15) is 12.2 Å². The fourth-order valence-corrected chi connectivity index (χ4v) is 1.75. The standard InChI is InChI=1S/C10H12N4O/c1-3-5-14-10-4-6-13(8(2)15)7-9(10)11-12-14/h1H,4-7H2,2H3. The molecule has 1 aliphatic rings. The van der Waals surface area contributed by atoms with Crippen LogP contribution in [0.5, 0.6) is 0 Å². The average Bonchev–Trinajstić information content (AvgIpc) is 2.61. The minimum Gasteiger partial charge on any atom is -0.337 e. The molecule has 1 amide bonds. The van der Waals surface area contributed by atoms with Crippen molar-refractivity contribution in [3.63, 3.8) is 0 Å². The topological polar surface area (TPSA) is 51.0 Å². The number of rotatable bonds is 1. The van der Waals surface area contributed by atoms with Crippen molar-refractivity contribution in [2.45, 2.75) is 26.4 Å². The van der Waals surface area contributed by atoms with Gasteiger partial charge in [-0.15, -0.1) is 11.5 Å². The molecule has 1 aliphatic heterocycles. The minimum absolute atomic E-state index is 0.0761. The summed E-state index contributed by atoms with van der Waals surface area (Å²) in [5.74, 6) is 2.61. The van der Waals surface area contributed by atoms with Gasteiger partial charge in [0.15, 0.2) is 0 Å². The van der Waals surface area contributed by atoms with E-state index < -0.39 is 0 Å². The molecule has 0 spiro atoms. The number of hydrogen-bond acceptors (Lipinski definition) is 3. The Balaban J connectivity index is 2.23. The van der Waals surface area contributed by atoms with Crippen molar-refractivity contribution in [1.29, 1.82) is 0 Å². The second kappa shape index (κ2) is 3.73. The van der Waals surface area contributed by atoms with Crippen molar-refractivity contribution >= 4 is 5.91 Å². The zero-order valence-electron chi connectivity index (χ0n) is 8.60. The number of terminal acetylenes is 1. The van der Waals surface area contributed by atoms with Gasteiger partial charge < -0.3 is 4.90 Å². The normalized spacial score (nSPS) is 14.5. The minimum atomic E-state index is 0.0761. The first-order chi connectivity index (χ1) is 7.22. The van der Waals surface area contributed by atoms with Crippen LogP contribution in [0.4, 0.5) is 0 Å². The van der Waals surface area contributed by atoms with E-state index in [0.717, 1.165) is 24.4 Å². The number of hydrogen-bond donors (Lipinski definition) is 0. The predicted octanol–water partition coefficient (Wildman–Crippen LogP) is -0.184. The van der Waals surface area contributed by atoms with Crippen LogP contribution in [0.2, 0.25) is 0 Å². The summed E-state index contributed by atoms with van der Waals surface area (Å²) in [6.45, 7) is 3.29. The molecule has 78 valence electrons. The van der Waals surface area contributed by atoms with Gasteiger partial charge in [0.25, 0.3) is 0 Å². The molecule has 2 heterocycles. The van der Waals surface area contributed by atoms with Crippen LogP contribution in [-0.4, -0.2) is 32.3 Å². The lowest BCUT2D eigenvalue weighted by molar-refractivity contribution is -0.129. The van der Waals surface area contributed by atoms with Gasteiger partial charge >= 0.3 is 0 Å². The van der Waals surface area contributed by atoms with E-state index in [4.69, 9.17) is 6.42 Å². The molecule has 0 bridgehead atoms. The highest BCUT2D eigenvalue weighted by Crippen LogP contribution is 2.16. The Kier molecular flexibility index (Phi) is 2.42. The molecule has 0 aromatic carbocycles. The highest BCUT2D eigenvalue weighted by atomic mass is 16.2. The third-order valence-electron chi connectivity index (χ3n) is 2.56. The van der Waals surface area contributed by atoms with Gasteiger partial charge in [0.05, 0.1) is 12.2 Å². The van der Waals surface area contributed by atoms with Crippen molar-refractivity contribution in [1.82, 2.24) is 19.9 Å². The fraction of sp³-hybridized carbons (Fsp3) is 0.500. The molecule has 2 rings (SSSR count). The van der Waals surface area contributed by atoms with Gasteiger partial charge in [0, 0.05) is 19.9 Å². The molecule has 15 heavy (non-hydrogen) atoms. The summed E-state index contributed by atoms with van der Waals surface area (Å²) in [4.78, 5) is 12.9. The maximum Gasteiger partial charge on any atom is 0.219 e. The Labute approximate surface area is 88.1 Å². The van der Waals surface area contributed by atoms with E-state index in [2.05, 4.69) is 16.2 Å². The molecule has 1 aromatic rings. The second-order valence-corrected chi connectivity index (χ2v) is 3.54. The first-order valence-electron chi connectivity index (χ1n) is 4.82. The monoisotopic (exact) mass is 204 g/mol. The summed E-state index contributed by atoms with van der Waals surface area (Å²) in [7, 11) is 0. The number of amides is 1. The van der Waals surface area contributed by atoms with Crippen LogP contribution in [0.3, 0.4) is 0 Å². The molecule has 1 aromatic heterocycles. The number of carbonyl (C=O) groups excluding carboxylic acids is 1. The summed E-state index contributed by atoms with van der Waals surface area (Å²) in [6, 6.07) is 0. The van der Waals surface area contributed by atoms with Crippen LogP contribution in [0.15, 0.2) is 0 Å². The number of carbonyl (C=O) groups is 1. The zero-order chi connectivity index (χ0) is 10.8. The SMILES string of the molecule is C#CCn1nnc2c1CCN(C(C)=O)C2. The van der Waals surface area contributed by atoms with Crippen LogP contribution in [0.25, 0.3) is 0 Å². The summed E-state index contributed by atoms with van der Waals surface area (Å²) in [5.41, 5.74) is 1.93. The molecular formula is C10H12N4O. The highest BCUT2D eigenvalue weighted by Gasteiger charge is 2.22. The number of fused-ring (bicyclic) bond motifs is 1. The number of aromatic nitrogens is 3. The van der Waals surface area contributed by atoms with Crippen molar-refractivity contribution in [2.24, 2.45) is 0 Å². The molecule has 5 heteroatoms. The molecule has 0 fully saturated rings. The van der Waals surface area contributed by atoms with Gasteiger partial charge in [-0.2, -0.15) is 0 Å².